The zero-order valence-corrected chi connectivity index (χ0v) is 16.3. The van der Waals surface area contributed by atoms with Gasteiger partial charge in [0.1, 0.15) is 5.82 Å². The molecule has 0 spiro atoms. The Morgan fingerprint density at radius 1 is 1.10 bits per heavy atom. The Labute approximate surface area is 169 Å². The molecule has 4 rings (SSSR count). The van der Waals surface area contributed by atoms with Gasteiger partial charge in [-0.1, -0.05) is 18.2 Å². The highest BCUT2D eigenvalue weighted by atomic mass is 19.3. The number of nitrogens with zero attached hydrogens (tertiary/aromatic N) is 4. The SMILES string of the molecule is C[C@@H](N=c1ncn(C)c2cnc(C3(C(F)F)CC3)cc12)c1cccc(C(F)F)c1F. The summed E-state index contributed by atoms with van der Waals surface area (Å²) in [5.41, 5.74) is -0.823. The van der Waals surface area contributed by atoms with E-state index in [4.69, 9.17) is 0 Å². The van der Waals surface area contributed by atoms with Gasteiger partial charge in [-0.3, -0.25) is 9.98 Å². The van der Waals surface area contributed by atoms with Crippen molar-refractivity contribution in [3.63, 3.8) is 0 Å². The van der Waals surface area contributed by atoms with Crippen molar-refractivity contribution in [2.75, 3.05) is 0 Å². The average molecular weight is 422 g/mol. The fourth-order valence-electron chi connectivity index (χ4n) is 3.59. The molecule has 4 nitrogen and oxygen atoms in total. The van der Waals surface area contributed by atoms with Crippen LogP contribution in [0.25, 0.3) is 10.9 Å². The molecule has 3 aromatic rings. The molecule has 0 saturated heterocycles. The smallest absolute Gasteiger partial charge is 0.266 e. The largest absolute Gasteiger partial charge is 0.334 e. The van der Waals surface area contributed by atoms with Gasteiger partial charge in [0.2, 0.25) is 6.43 Å². The molecular weight excluding hydrogens is 403 g/mol. The summed E-state index contributed by atoms with van der Waals surface area (Å²) in [5.74, 6) is -1.01. The molecule has 158 valence electrons. The van der Waals surface area contributed by atoms with Gasteiger partial charge < -0.3 is 4.57 Å². The first kappa shape index (κ1) is 20.4. The molecule has 0 radical (unpaired) electrons. The van der Waals surface area contributed by atoms with Crippen molar-refractivity contribution in [3.8, 4) is 0 Å². The number of hydrogen-bond donors (Lipinski definition) is 0. The third-order valence-corrected chi connectivity index (χ3v) is 5.63. The van der Waals surface area contributed by atoms with E-state index in [0.29, 0.717) is 23.7 Å². The fourth-order valence-corrected chi connectivity index (χ4v) is 3.59. The molecular formula is C21H19F5N4. The van der Waals surface area contributed by atoms with Crippen LogP contribution in [0.15, 0.2) is 41.8 Å². The lowest BCUT2D eigenvalue weighted by atomic mass is 10.0. The van der Waals surface area contributed by atoms with Crippen molar-refractivity contribution in [1.29, 1.82) is 0 Å². The highest BCUT2D eigenvalue weighted by molar-refractivity contribution is 5.77. The zero-order valence-electron chi connectivity index (χ0n) is 16.3. The van der Waals surface area contributed by atoms with Gasteiger partial charge in [-0.05, 0) is 25.8 Å². The highest BCUT2D eigenvalue weighted by Gasteiger charge is 2.53. The summed E-state index contributed by atoms with van der Waals surface area (Å²) >= 11 is 0. The molecule has 0 aliphatic heterocycles. The Balaban J connectivity index is 1.85. The lowest BCUT2D eigenvalue weighted by Crippen LogP contribution is -2.21. The molecule has 1 aromatic carbocycles. The van der Waals surface area contributed by atoms with Crippen molar-refractivity contribution in [2.45, 2.75) is 44.1 Å². The second kappa shape index (κ2) is 7.45. The van der Waals surface area contributed by atoms with Crippen molar-refractivity contribution < 1.29 is 22.0 Å². The van der Waals surface area contributed by atoms with Crippen LogP contribution in [0, 0.1) is 5.82 Å². The third-order valence-electron chi connectivity index (χ3n) is 5.63. The van der Waals surface area contributed by atoms with Gasteiger partial charge in [0.25, 0.3) is 6.43 Å². The summed E-state index contributed by atoms with van der Waals surface area (Å²) in [6.45, 7) is 1.57. The van der Waals surface area contributed by atoms with Crippen LogP contribution in [0.2, 0.25) is 0 Å². The molecule has 0 amide bonds. The molecule has 30 heavy (non-hydrogen) atoms. The number of alkyl halides is 4. The van der Waals surface area contributed by atoms with Crippen molar-refractivity contribution in [2.24, 2.45) is 12.0 Å². The number of fused-ring (bicyclic) bond motifs is 1. The minimum Gasteiger partial charge on any atom is -0.334 e. The van der Waals surface area contributed by atoms with E-state index >= 15 is 0 Å². The quantitative estimate of drug-likeness (QED) is 0.543. The standard InChI is InChI=1S/C21H19F5N4/c1-11(12-4-3-5-13(17(12)22)18(23)24)29-19-14-8-16(21(6-7-21)20(25)26)27-9-15(14)30(2)10-28-19/h3-5,8-11,18,20H,6-7H2,1-2H3/t11-/m1/s1. The predicted octanol–water partition coefficient (Wildman–Crippen LogP) is 5.00. The van der Waals surface area contributed by atoms with E-state index in [9.17, 15) is 22.0 Å². The predicted molar refractivity (Wildman–Crippen MR) is 101 cm³/mol. The highest BCUT2D eigenvalue weighted by Crippen LogP contribution is 2.52. The summed E-state index contributed by atoms with van der Waals surface area (Å²) in [6.07, 6.45) is -1.78. The fraction of sp³-hybridized carbons (Fsp3) is 0.381. The molecule has 1 aliphatic carbocycles. The number of benzene rings is 1. The van der Waals surface area contributed by atoms with Gasteiger partial charge in [-0.15, -0.1) is 0 Å². The molecule has 0 unspecified atom stereocenters. The maximum absolute atomic E-state index is 14.5. The van der Waals surface area contributed by atoms with E-state index in [1.165, 1.54) is 24.7 Å². The van der Waals surface area contributed by atoms with Gasteiger partial charge in [0.15, 0.2) is 5.49 Å². The number of aryl methyl sites for hydroxylation is 1. The molecule has 9 heteroatoms. The lowest BCUT2D eigenvalue weighted by molar-refractivity contribution is 0.0999. The number of pyridine rings is 1. The van der Waals surface area contributed by atoms with Crippen LogP contribution in [0.4, 0.5) is 22.0 Å². The van der Waals surface area contributed by atoms with E-state index < -0.39 is 35.7 Å². The molecule has 1 fully saturated rings. The summed E-state index contributed by atoms with van der Waals surface area (Å²) in [6, 6.07) is 4.52. The molecule has 0 N–H and O–H groups in total. The monoisotopic (exact) mass is 422 g/mol. The van der Waals surface area contributed by atoms with Crippen LogP contribution < -0.4 is 5.49 Å². The summed E-state index contributed by atoms with van der Waals surface area (Å²) in [7, 11) is 1.73. The van der Waals surface area contributed by atoms with E-state index in [1.807, 2.05) is 0 Å². The Morgan fingerprint density at radius 2 is 1.80 bits per heavy atom. The summed E-state index contributed by atoms with van der Waals surface area (Å²) in [4.78, 5) is 12.9. The van der Waals surface area contributed by atoms with E-state index in [-0.39, 0.29) is 16.7 Å². The minimum absolute atomic E-state index is 0.0106. The minimum atomic E-state index is -2.94. The van der Waals surface area contributed by atoms with Gasteiger partial charge in [0, 0.05) is 18.0 Å². The molecule has 2 heterocycles. The maximum atomic E-state index is 14.5. The summed E-state index contributed by atoms with van der Waals surface area (Å²) in [5, 5.41) is 0.495. The normalized spacial score (nSPS) is 17.2. The number of rotatable bonds is 5. The van der Waals surface area contributed by atoms with E-state index in [0.717, 1.165) is 6.07 Å². The van der Waals surface area contributed by atoms with Gasteiger partial charge in [-0.25, -0.2) is 26.9 Å². The second-order valence-corrected chi connectivity index (χ2v) is 7.58. The van der Waals surface area contributed by atoms with Gasteiger partial charge in [-0.2, -0.15) is 0 Å². The number of hydrogen-bond acceptors (Lipinski definition) is 3. The van der Waals surface area contributed by atoms with Crippen LogP contribution >= 0.6 is 0 Å². The van der Waals surface area contributed by atoms with Crippen LogP contribution in [-0.2, 0) is 12.5 Å². The Morgan fingerprint density at radius 3 is 2.43 bits per heavy atom. The van der Waals surface area contributed by atoms with Gasteiger partial charge >= 0.3 is 0 Å². The van der Waals surface area contributed by atoms with Crippen molar-refractivity contribution >= 4 is 10.9 Å². The first-order valence-electron chi connectivity index (χ1n) is 9.45. The number of aromatic nitrogens is 3. The Bertz CT molecular complexity index is 1170. The Hall–Kier alpha value is -2.84. The topological polar surface area (TPSA) is 43.1 Å². The number of halogens is 5. The van der Waals surface area contributed by atoms with Crippen LogP contribution in [0.3, 0.4) is 0 Å². The lowest BCUT2D eigenvalue weighted by Gasteiger charge is -2.15. The molecule has 1 aliphatic rings. The molecule has 2 aromatic heterocycles. The maximum Gasteiger partial charge on any atom is 0.266 e. The Kier molecular flexibility index (Phi) is 5.07. The van der Waals surface area contributed by atoms with Gasteiger partial charge in [0.05, 0.1) is 40.8 Å². The molecule has 0 bridgehead atoms. The molecule has 1 saturated carbocycles. The third kappa shape index (κ3) is 3.36. The first-order valence-corrected chi connectivity index (χ1v) is 9.45. The van der Waals surface area contributed by atoms with E-state index in [2.05, 4.69) is 15.0 Å². The van der Waals surface area contributed by atoms with Crippen LogP contribution in [0.5, 0.6) is 0 Å². The average Bonchev–Trinajstić information content (AvgIpc) is 3.52. The van der Waals surface area contributed by atoms with Crippen LogP contribution in [0.1, 0.15) is 49.1 Å². The first-order chi connectivity index (χ1) is 14.2. The van der Waals surface area contributed by atoms with Crippen molar-refractivity contribution in [3.05, 3.63) is 64.9 Å². The molecule has 1 atom stereocenters. The van der Waals surface area contributed by atoms with E-state index in [1.54, 1.807) is 24.6 Å². The zero-order chi connectivity index (χ0) is 21.6. The van der Waals surface area contributed by atoms with Crippen molar-refractivity contribution in [1.82, 2.24) is 14.5 Å². The van der Waals surface area contributed by atoms with Crippen LogP contribution in [-0.4, -0.2) is 21.0 Å². The summed E-state index contributed by atoms with van der Waals surface area (Å²) < 4.78 is 69.3. The second-order valence-electron chi connectivity index (χ2n) is 7.58.